The number of hydrogen-bond acceptors (Lipinski definition) is 6. The Kier molecular flexibility index (Phi) is 4.41. The van der Waals surface area contributed by atoms with Gasteiger partial charge in [-0.1, -0.05) is 0 Å². The van der Waals surface area contributed by atoms with Gasteiger partial charge in [-0.2, -0.15) is 0 Å². The Morgan fingerprint density at radius 1 is 1.28 bits per heavy atom. The predicted molar refractivity (Wildman–Crippen MR) is 91.6 cm³/mol. The Balaban J connectivity index is 1.60. The van der Waals surface area contributed by atoms with Crippen molar-refractivity contribution in [2.24, 2.45) is 0 Å². The van der Waals surface area contributed by atoms with Crippen LogP contribution in [-0.4, -0.2) is 34.1 Å². The third-order valence-electron chi connectivity index (χ3n) is 4.07. The minimum Gasteiger partial charge on any atom is -0.489 e. The van der Waals surface area contributed by atoms with Crippen LogP contribution in [0, 0.1) is 0 Å². The van der Waals surface area contributed by atoms with Crippen molar-refractivity contribution >= 4 is 5.65 Å². The first-order valence-electron chi connectivity index (χ1n) is 8.17. The Morgan fingerprint density at radius 3 is 2.96 bits per heavy atom. The fourth-order valence-corrected chi connectivity index (χ4v) is 2.76. The molecule has 1 N–H and O–H groups in total. The standard InChI is InChI=1S/C18H18N4O3/c23-18-10-15(16-11-20-6-8-24-16)21-17-9-14(3-7-22(17)18)25-12-13-1-4-19-5-2-13/h1-5,7,9-10,16,20H,6,8,11-12H2. The second-order valence-electron chi connectivity index (χ2n) is 5.82. The fourth-order valence-electron chi connectivity index (χ4n) is 2.76. The zero-order valence-electron chi connectivity index (χ0n) is 13.6. The third kappa shape index (κ3) is 3.52. The second kappa shape index (κ2) is 7.00. The normalized spacial score (nSPS) is 17.5. The van der Waals surface area contributed by atoms with Gasteiger partial charge in [-0.05, 0) is 23.8 Å². The van der Waals surface area contributed by atoms with Crippen LogP contribution in [0.25, 0.3) is 5.65 Å². The van der Waals surface area contributed by atoms with E-state index in [2.05, 4.69) is 15.3 Å². The lowest BCUT2D eigenvalue weighted by atomic mass is 10.2. The summed E-state index contributed by atoms with van der Waals surface area (Å²) in [5.41, 5.74) is 2.08. The summed E-state index contributed by atoms with van der Waals surface area (Å²) in [4.78, 5) is 20.9. The van der Waals surface area contributed by atoms with Crippen LogP contribution in [0.15, 0.2) is 53.7 Å². The van der Waals surface area contributed by atoms with Crippen molar-refractivity contribution in [2.75, 3.05) is 19.7 Å². The van der Waals surface area contributed by atoms with Gasteiger partial charge >= 0.3 is 0 Å². The van der Waals surface area contributed by atoms with Gasteiger partial charge < -0.3 is 14.8 Å². The summed E-state index contributed by atoms with van der Waals surface area (Å²) in [7, 11) is 0. The lowest BCUT2D eigenvalue weighted by molar-refractivity contribution is 0.0250. The molecular formula is C18H18N4O3. The molecule has 1 atom stereocenters. The van der Waals surface area contributed by atoms with Crippen LogP contribution in [-0.2, 0) is 11.3 Å². The summed E-state index contributed by atoms with van der Waals surface area (Å²) in [6, 6.07) is 8.85. The van der Waals surface area contributed by atoms with E-state index in [0.29, 0.717) is 36.8 Å². The third-order valence-corrected chi connectivity index (χ3v) is 4.07. The summed E-state index contributed by atoms with van der Waals surface area (Å²) in [5, 5.41) is 3.25. The van der Waals surface area contributed by atoms with Crippen molar-refractivity contribution in [2.45, 2.75) is 12.7 Å². The second-order valence-corrected chi connectivity index (χ2v) is 5.82. The number of morpholine rings is 1. The van der Waals surface area contributed by atoms with E-state index in [1.165, 1.54) is 10.5 Å². The number of ether oxygens (including phenoxy) is 2. The van der Waals surface area contributed by atoms with Crippen molar-refractivity contribution in [3.05, 3.63) is 70.5 Å². The highest BCUT2D eigenvalue weighted by Crippen LogP contribution is 2.18. The summed E-state index contributed by atoms with van der Waals surface area (Å²) < 4.78 is 13.0. The molecule has 1 fully saturated rings. The first-order valence-corrected chi connectivity index (χ1v) is 8.17. The number of hydrogen-bond donors (Lipinski definition) is 1. The molecule has 0 spiro atoms. The molecule has 1 saturated heterocycles. The summed E-state index contributed by atoms with van der Waals surface area (Å²) in [6.45, 7) is 2.51. The number of pyridine rings is 2. The van der Waals surface area contributed by atoms with Gasteiger partial charge in [0.25, 0.3) is 5.56 Å². The van der Waals surface area contributed by atoms with Gasteiger partial charge in [0, 0.05) is 43.8 Å². The molecular weight excluding hydrogens is 320 g/mol. The molecule has 4 rings (SSSR count). The largest absolute Gasteiger partial charge is 0.489 e. The van der Waals surface area contributed by atoms with Crippen molar-refractivity contribution in [3.63, 3.8) is 0 Å². The highest BCUT2D eigenvalue weighted by molar-refractivity contribution is 5.45. The lowest BCUT2D eigenvalue weighted by Gasteiger charge is -2.23. The van der Waals surface area contributed by atoms with Gasteiger partial charge in [-0.25, -0.2) is 4.98 Å². The van der Waals surface area contributed by atoms with E-state index in [1.54, 1.807) is 30.7 Å². The molecule has 7 heteroatoms. The first kappa shape index (κ1) is 15.7. The van der Waals surface area contributed by atoms with E-state index in [1.807, 2.05) is 12.1 Å². The molecule has 0 aromatic carbocycles. The number of nitrogens with zero attached hydrogens (tertiary/aromatic N) is 3. The maximum atomic E-state index is 12.3. The van der Waals surface area contributed by atoms with Crippen molar-refractivity contribution in [1.29, 1.82) is 0 Å². The molecule has 3 aromatic rings. The SMILES string of the molecule is O=c1cc(C2CNCCO2)nc2cc(OCc3ccncc3)ccn12. The number of fused-ring (bicyclic) bond motifs is 1. The highest BCUT2D eigenvalue weighted by atomic mass is 16.5. The number of rotatable bonds is 4. The van der Waals surface area contributed by atoms with Crippen LogP contribution in [0.2, 0.25) is 0 Å². The highest BCUT2D eigenvalue weighted by Gasteiger charge is 2.18. The molecule has 3 aromatic heterocycles. The molecule has 128 valence electrons. The molecule has 0 aliphatic carbocycles. The predicted octanol–water partition coefficient (Wildman–Crippen LogP) is 1.33. The minimum atomic E-state index is -0.201. The van der Waals surface area contributed by atoms with Crippen molar-refractivity contribution < 1.29 is 9.47 Å². The van der Waals surface area contributed by atoms with E-state index in [9.17, 15) is 4.79 Å². The van der Waals surface area contributed by atoms with Gasteiger partial charge in [0.2, 0.25) is 0 Å². The molecule has 0 amide bonds. The smallest absolute Gasteiger partial charge is 0.258 e. The van der Waals surface area contributed by atoms with E-state index < -0.39 is 0 Å². The van der Waals surface area contributed by atoms with Crippen LogP contribution < -0.4 is 15.6 Å². The lowest BCUT2D eigenvalue weighted by Crippen LogP contribution is -2.34. The van der Waals surface area contributed by atoms with Crippen LogP contribution in [0.5, 0.6) is 5.75 Å². The summed E-state index contributed by atoms with van der Waals surface area (Å²) >= 11 is 0. The Hall–Kier alpha value is -2.77. The Morgan fingerprint density at radius 2 is 2.16 bits per heavy atom. The monoisotopic (exact) mass is 338 g/mol. The average Bonchev–Trinajstić information content (AvgIpc) is 2.67. The van der Waals surface area contributed by atoms with Crippen LogP contribution in [0.3, 0.4) is 0 Å². The molecule has 0 bridgehead atoms. The van der Waals surface area contributed by atoms with Gasteiger partial charge in [0.1, 0.15) is 24.1 Å². The van der Waals surface area contributed by atoms with Gasteiger partial charge in [-0.3, -0.25) is 14.2 Å². The molecule has 25 heavy (non-hydrogen) atoms. The Bertz CT molecular complexity index is 921. The summed E-state index contributed by atoms with van der Waals surface area (Å²) in [6.07, 6.45) is 4.93. The Labute approximate surface area is 144 Å². The molecule has 7 nitrogen and oxygen atoms in total. The molecule has 1 unspecified atom stereocenters. The number of nitrogens with one attached hydrogen (secondary N) is 1. The number of aromatic nitrogens is 3. The fraction of sp³-hybridized carbons (Fsp3) is 0.278. The minimum absolute atomic E-state index is 0.130. The van der Waals surface area contributed by atoms with Crippen molar-refractivity contribution in [1.82, 2.24) is 19.7 Å². The van der Waals surface area contributed by atoms with E-state index in [-0.39, 0.29) is 11.7 Å². The van der Waals surface area contributed by atoms with Gasteiger partial charge in [0.15, 0.2) is 0 Å². The maximum absolute atomic E-state index is 12.3. The maximum Gasteiger partial charge on any atom is 0.258 e. The molecule has 0 saturated carbocycles. The summed E-state index contributed by atoms with van der Waals surface area (Å²) in [5.74, 6) is 0.656. The van der Waals surface area contributed by atoms with Crippen molar-refractivity contribution in [3.8, 4) is 5.75 Å². The molecule has 4 heterocycles. The van der Waals surface area contributed by atoms with Crippen LogP contribution >= 0.6 is 0 Å². The van der Waals surface area contributed by atoms with E-state index >= 15 is 0 Å². The van der Waals surface area contributed by atoms with Gasteiger partial charge in [0.05, 0.1) is 12.3 Å². The zero-order valence-corrected chi connectivity index (χ0v) is 13.6. The topological polar surface area (TPSA) is 77.8 Å². The van der Waals surface area contributed by atoms with Crippen LogP contribution in [0.4, 0.5) is 0 Å². The first-order chi connectivity index (χ1) is 12.3. The molecule has 1 aliphatic heterocycles. The average molecular weight is 338 g/mol. The van der Waals surface area contributed by atoms with E-state index in [4.69, 9.17) is 9.47 Å². The van der Waals surface area contributed by atoms with E-state index in [0.717, 1.165) is 12.1 Å². The molecule has 1 aliphatic rings. The molecule has 0 radical (unpaired) electrons. The quantitative estimate of drug-likeness (QED) is 0.773. The zero-order chi connectivity index (χ0) is 17.1. The van der Waals surface area contributed by atoms with Gasteiger partial charge in [-0.15, -0.1) is 0 Å². The van der Waals surface area contributed by atoms with Crippen LogP contribution in [0.1, 0.15) is 17.4 Å².